The molecule has 0 saturated carbocycles. The molecule has 0 spiro atoms. The monoisotopic (exact) mass is 383 g/mol. The summed E-state index contributed by atoms with van der Waals surface area (Å²) in [4.78, 5) is 12.6. The summed E-state index contributed by atoms with van der Waals surface area (Å²) < 4.78 is 60.2. The molecule has 2 aromatic carbocycles. The van der Waals surface area contributed by atoms with Crippen LogP contribution in [0.2, 0.25) is 0 Å². The third-order valence-electron chi connectivity index (χ3n) is 4.25. The maximum atomic E-state index is 14.1. The van der Waals surface area contributed by atoms with Crippen LogP contribution in [0, 0.1) is 5.82 Å². The van der Waals surface area contributed by atoms with Gasteiger partial charge < -0.3 is 14.4 Å². The third-order valence-corrected chi connectivity index (χ3v) is 4.25. The van der Waals surface area contributed by atoms with Crippen LogP contribution < -0.4 is 14.4 Å². The van der Waals surface area contributed by atoms with Gasteiger partial charge in [-0.15, -0.1) is 13.2 Å². The van der Waals surface area contributed by atoms with Crippen LogP contribution in [-0.4, -0.2) is 31.8 Å². The van der Waals surface area contributed by atoms with Gasteiger partial charge in [0, 0.05) is 31.5 Å². The molecule has 1 fully saturated rings. The summed E-state index contributed by atoms with van der Waals surface area (Å²) in [6, 6.07) is 9.59. The normalized spacial score (nSPS) is 15.5. The first-order valence-corrected chi connectivity index (χ1v) is 8.36. The molecule has 27 heavy (non-hydrogen) atoms. The molecular weight excluding hydrogens is 366 g/mol. The summed E-state index contributed by atoms with van der Waals surface area (Å²) in [7, 11) is 0. The number of carbonyl (C=O) groups is 1. The standard InChI is InChI=1S/C19H17F4NO3/c20-17-11-13(12-25)1-6-18(17)24-9-7-15(8-10-24)26-14-2-4-16(5-3-14)27-19(21,22)23/h1-6,11-12,15H,7-10H2. The van der Waals surface area contributed by atoms with Gasteiger partial charge in [0.25, 0.3) is 0 Å². The molecule has 4 nitrogen and oxygen atoms in total. The van der Waals surface area contributed by atoms with Crippen LogP contribution >= 0.6 is 0 Å². The van der Waals surface area contributed by atoms with Gasteiger partial charge in [0.15, 0.2) is 0 Å². The van der Waals surface area contributed by atoms with Crippen molar-refractivity contribution in [2.24, 2.45) is 0 Å². The van der Waals surface area contributed by atoms with Crippen molar-refractivity contribution in [1.29, 1.82) is 0 Å². The maximum absolute atomic E-state index is 14.1. The number of benzene rings is 2. The molecule has 2 aromatic rings. The molecule has 0 atom stereocenters. The molecular formula is C19H17F4NO3. The summed E-state index contributed by atoms with van der Waals surface area (Å²) in [6.07, 6.45) is -2.98. The lowest BCUT2D eigenvalue weighted by Gasteiger charge is -2.34. The Hall–Kier alpha value is -2.77. The fraction of sp³-hybridized carbons (Fsp3) is 0.316. The van der Waals surface area contributed by atoms with Crippen LogP contribution in [0.1, 0.15) is 23.2 Å². The Morgan fingerprint density at radius 2 is 1.63 bits per heavy atom. The van der Waals surface area contributed by atoms with E-state index in [9.17, 15) is 22.4 Å². The predicted molar refractivity (Wildman–Crippen MR) is 90.8 cm³/mol. The number of rotatable bonds is 5. The van der Waals surface area contributed by atoms with Gasteiger partial charge in [0.05, 0.1) is 5.69 Å². The van der Waals surface area contributed by atoms with Crippen molar-refractivity contribution < 1.29 is 31.8 Å². The molecule has 0 radical (unpaired) electrons. The highest BCUT2D eigenvalue weighted by Gasteiger charge is 2.31. The number of ether oxygens (including phenoxy) is 2. The fourth-order valence-electron chi connectivity index (χ4n) is 2.98. The topological polar surface area (TPSA) is 38.8 Å². The van der Waals surface area contributed by atoms with Crippen LogP contribution in [0.5, 0.6) is 11.5 Å². The Kier molecular flexibility index (Phi) is 5.53. The fourth-order valence-corrected chi connectivity index (χ4v) is 2.98. The minimum absolute atomic E-state index is 0.118. The quantitative estimate of drug-likeness (QED) is 0.560. The van der Waals surface area contributed by atoms with Gasteiger partial charge in [0.1, 0.15) is 29.7 Å². The van der Waals surface area contributed by atoms with Crippen molar-refractivity contribution in [3.8, 4) is 11.5 Å². The highest BCUT2D eigenvalue weighted by atomic mass is 19.4. The number of anilines is 1. The molecule has 0 aromatic heterocycles. The van der Waals surface area contributed by atoms with Crippen molar-refractivity contribution in [2.45, 2.75) is 25.3 Å². The molecule has 1 heterocycles. The number of hydrogen-bond acceptors (Lipinski definition) is 4. The molecule has 0 aliphatic carbocycles. The summed E-state index contributed by atoms with van der Waals surface area (Å²) in [5, 5.41) is 0. The first-order valence-electron chi connectivity index (χ1n) is 8.36. The molecule has 8 heteroatoms. The molecule has 1 aliphatic heterocycles. The van der Waals surface area contributed by atoms with Gasteiger partial charge in [-0.25, -0.2) is 4.39 Å². The first-order chi connectivity index (χ1) is 12.8. The van der Waals surface area contributed by atoms with Gasteiger partial charge in [-0.1, -0.05) is 0 Å². The highest BCUT2D eigenvalue weighted by molar-refractivity contribution is 5.76. The third kappa shape index (κ3) is 5.12. The predicted octanol–water partition coefficient (Wildman–Crippen LogP) is 4.58. The zero-order chi connectivity index (χ0) is 19.4. The largest absolute Gasteiger partial charge is 0.573 e. The van der Waals surface area contributed by atoms with Gasteiger partial charge >= 0.3 is 6.36 Å². The molecule has 1 saturated heterocycles. The minimum atomic E-state index is -4.73. The molecule has 3 rings (SSSR count). The van der Waals surface area contributed by atoms with E-state index in [-0.39, 0.29) is 17.4 Å². The maximum Gasteiger partial charge on any atom is 0.573 e. The van der Waals surface area contributed by atoms with Gasteiger partial charge in [-0.3, -0.25) is 4.79 Å². The van der Waals surface area contributed by atoms with E-state index in [1.54, 1.807) is 12.1 Å². The van der Waals surface area contributed by atoms with Crippen molar-refractivity contribution in [3.63, 3.8) is 0 Å². The average Bonchev–Trinajstić information content (AvgIpc) is 2.63. The molecule has 0 bridgehead atoms. The van der Waals surface area contributed by atoms with E-state index in [4.69, 9.17) is 4.74 Å². The van der Waals surface area contributed by atoms with Crippen LogP contribution in [0.25, 0.3) is 0 Å². The van der Waals surface area contributed by atoms with Gasteiger partial charge in [-0.05, 0) is 42.5 Å². The molecule has 1 aliphatic rings. The van der Waals surface area contributed by atoms with Gasteiger partial charge in [-0.2, -0.15) is 0 Å². The number of halogens is 4. The minimum Gasteiger partial charge on any atom is -0.490 e. The highest BCUT2D eigenvalue weighted by Crippen LogP contribution is 2.28. The number of aldehydes is 1. The second kappa shape index (κ2) is 7.85. The SMILES string of the molecule is O=Cc1ccc(N2CCC(Oc3ccc(OC(F)(F)F)cc3)CC2)c(F)c1. The second-order valence-electron chi connectivity index (χ2n) is 6.15. The Labute approximate surface area is 153 Å². The Balaban J connectivity index is 1.54. The summed E-state index contributed by atoms with van der Waals surface area (Å²) in [6.45, 7) is 1.13. The summed E-state index contributed by atoms with van der Waals surface area (Å²) in [5.41, 5.74) is 0.722. The molecule has 0 unspecified atom stereocenters. The van der Waals surface area contributed by atoms with Crippen molar-refractivity contribution >= 4 is 12.0 Å². The zero-order valence-corrected chi connectivity index (χ0v) is 14.2. The van der Waals surface area contributed by atoms with E-state index < -0.39 is 12.2 Å². The smallest absolute Gasteiger partial charge is 0.490 e. The van der Waals surface area contributed by atoms with E-state index in [0.29, 0.717) is 43.7 Å². The zero-order valence-electron chi connectivity index (χ0n) is 14.2. The van der Waals surface area contributed by atoms with E-state index in [1.807, 2.05) is 4.90 Å². The van der Waals surface area contributed by atoms with Crippen molar-refractivity contribution in [3.05, 3.63) is 53.8 Å². The number of alkyl halides is 3. The Morgan fingerprint density at radius 3 is 2.19 bits per heavy atom. The van der Waals surface area contributed by atoms with Crippen molar-refractivity contribution in [1.82, 2.24) is 0 Å². The van der Waals surface area contributed by atoms with E-state index in [1.165, 1.54) is 30.3 Å². The first kappa shape index (κ1) is 19.0. The number of hydrogen-bond donors (Lipinski definition) is 0. The average molecular weight is 383 g/mol. The number of carbonyl (C=O) groups excluding carboxylic acids is 1. The van der Waals surface area contributed by atoms with E-state index >= 15 is 0 Å². The van der Waals surface area contributed by atoms with E-state index in [2.05, 4.69) is 4.74 Å². The summed E-state index contributed by atoms with van der Waals surface area (Å²) in [5.74, 6) is -0.303. The molecule has 0 amide bonds. The second-order valence-corrected chi connectivity index (χ2v) is 6.15. The lowest BCUT2D eigenvalue weighted by atomic mass is 10.1. The van der Waals surface area contributed by atoms with Crippen LogP contribution in [0.3, 0.4) is 0 Å². The van der Waals surface area contributed by atoms with Crippen molar-refractivity contribution in [2.75, 3.05) is 18.0 Å². The number of piperidine rings is 1. The summed E-state index contributed by atoms with van der Waals surface area (Å²) >= 11 is 0. The van der Waals surface area contributed by atoms with Crippen LogP contribution in [-0.2, 0) is 0 Å². The molecule has 144 valence electrons. The molecule has 0 N–H and O–H groups in total. The lowest BCUT2D eigenvalue weighted by molar-refractivity contribution is -0.274. The van der Waals surface area contributed by atoms with Crippen LogP contribution in [0.15, 0.2) is 42.5 Å². The van der Waals surface area contributed by atoms with Crippen LogP contribution in [0.4, 0.5) is 23.2 Å². The lowest BCUT2D eigenvalue weighted by Crippen LogP contribution is -2.38. The Morgan fingerprint density at radius 1 is 1.00 bits per heavy atom. The number of nitrogens with zero attached hydrogens (tertiary/aromatic N) is 1. The van der Waals surface area contributed by atoms with E-state index in [0.717, 1.165) is 0 Å². The van der Waals surface area contributed by atoms with Gasteiger partial charge in [0.2, 0.25) is 0 Å². The Bertz CT molecular complexity index is 785.